The number of hydrogen-bond acceptors (Lipinski definition) is 10. The highest BCUT2D eigenvalue weighted by atomic mass is 16.5. The number of nitrogens with zero attached hydrogens (tertiary/aromatic N) is 8. The van der Waals surface area contributed by atoms with Gasteiger partial charge in [0.1, 0.15) is 11.4 Å². The van der Waals surface area contributed by atoms with Gasteiger partial charge in [0.05, 0.1) is 49.3 Å². The van der Waals surface area contributed by atoms with Crippen LogP contribution in [0.25, 0.3) is 11.4 Å². The van der Waals surface area contributed by atoms with Crippen LogP contribution >= 0.6 is 0 Å². The molecule has 0 aromatic carbocycles. The molecule has 1 fully saturated rings. The molecule has 0 bridgehead atoms. The van der Waals surface area contributed by atoms with Gasteiger partial charge in [-0.2, -0.15) is 4.80 Å². The summed E-state index contributed by atoms with van der Waals surface area (Å²) >= 11 is 0. The van der Waals surface area contributed by atoms with Crippen molar-refractivity contribution in [1.29, 1.82) is 0 Å². The van der Waals surface area contributed by atoms with Crippen molar-refractivity contribution in [2.75, 3.05) is 12.4 Å². The SMILES string of the molecule is COC(=O)[C@H]1CCC[C@H](Oc2ccc(-c3nnn(C)c3CNc3nnn(CC(C)C)n3)nc2C)C1. The van der Waals surface area contributed by atoms with E-state index >= 15 is 0 Å². The zero-order valence-electron chi connectivity index (χ0n) is 20.9. The fourth-order valence-corrected chi connectivity index (χ4v) is 4.27. The van der Waals surface area contributed by atoms with Crippen LogP contribution in [0.3, 0.4) is 0 Å². The van der Waals surface area contributed by atoms with Crippen molar-refractivity contribution < 1.29 is 14.3 Å². The van der Waals surface area contributed by atoms with Crippen LogP contribution in [0.2, 0.25) is 0 Å². The standard InChI is InChI=1S/C23H33N9O3/c1-14(2)13-32-28-23(27-30-32)24-12-19-21(26-29-31(19)4)18-9-10-20(15(3)25-18)35-17-8-6-7-16(11-17)22(33)34-5/h9-10,14,16-17H,6-8,11-13H2,1-5H3,(H,24,28)/t16-,17-/m0/s1. The number of nitrogens with one attached hydrogen (secondary N) is 1. The number of ether oxygens (including phenoxy) is 2. The number of aromatic nitrogens is 8. The molecule has 0 aliphatic heterocycles. The lowest BCUT2D eigenvalue weighted by Gasteiger charge is -2.28. The predicted octanol–water partition coefficient (Wildman–Crippen LogP) is 2.55. The first-order valence-electron chi connectivity index (χ1n) is 12.0. The Labute approximate surface area is 204 Å². The molecule has 2 atom stereocenters. The topological polar surface area (TPSA) is 135 Å². The van der Waals surface area contributed by atoms with Crippen LogP contribution in [0.1, 0.15) is 50.9 Å². The molecule has 3 aromatic heterocycles. The number of rotatable bonds is 9. The quantitative estimate of drug-likeness (QED) is 0.452. The predicted molar refractivity (Wildman–Crippen MR) is 127 cm³/mol. The summed E-state index contributed by atoms with van der Waals surface area (Å²) in [6.07, 6.45) is 3.31. The Kier molecular flexibility index (Phi) is 7.57. The van der Waals surface area contributed by atoms with Gasteiger partial charge in [-0.25, -0.2) is 9.67 Å². The molecular formula is C23H33N9O3. The summed E-state index contributed by atoms with van der Waals surface area (Å²) in [4.78, 5) is 18.3. The van der Waals surface area contributed by atoms with E-state index in [9.17, 15) is 4.79 Å². The molecule has 1 aliphatic rings. The number of esters is 1. The molecule has 1 saturated carbocycles. The van der Waals surface area contributed by atoms with Gasteiger partial charge in [0.15, 0.2) is 0 Å². The lowest BCUT2D eigenvalue weighted by molar-refractivity contribution is -0.147. The minimum Gasteiger partial charge on any atom is -0.489 e. The first kappa shape index (κ1) is 24.6. The van der Waals surface area contributed by atoms with Crippen molar-refractivity contribution in [2.24, 2.45) is 18.9 Å². The number of anilines is 1. The second-order valence-electron chi connectivity index (χ2n) is 9.33. The molecule has 1 N–H and O–H groups in total. The molecule has 12 nitrogen and oxygen atoms in total. The molecule has 188 valence electrons. The van der Waals surface area contributed by atoms with E-state index in [-0.39, 0.29) is 18.0 Å². The summed E-state index contributed by atoms with van der Waals surface area (Å²) in [6.45, 7) is 7.23. The largest absolute Gasteiger partial charge is 0.489 e. The molecule has 4 rings (SSSR count). The monoisotopic (exact) mass is 483 g/mol. The van der Waals surface area contributed by atoms with E-state index < -0.39 is 0 Å². The first-order valence-corrected chi connectivity index (χ1v) is 12.0. The third-order valence-corrected chi connectivity index (χ3v) is 6.07. The maximum Gasteiger partial charge on any atom is 0.308 e. The highest BCUT2D eigenvalue weighted by Gasteiger charge is 2.29. The van der Waals surface area contributed by atoms with Crippen molar-refractivity contribution in [3.05, 3.63) is 23.5 Å². The van der Waals surface area contributed by atoms with E-state index in [1.807, 2.05) is 26.1 Å². The van der Waals surface area contributed by atoms with Crippen LogP contribution in [0.5, 0.6) is 5.75 Å². The Bertz CT molecular complexity index is 1160. The molecule has 0 unspecified atom stereocenters. The van der Waals surface area contributed by atoms with Gasteiger partial charge in [0.25, 0.3) is 5.95 Å². The molecule has 3 heterocycles. The summed E-state index contributed by atoms with van der Waals surface area (Å²) < 4.78 is 12.8. The summed E-state index contributed by atoms with van der Waals surface area (Å²) in [7, 11) is 3.27. The van der Waals surface area contributed by atoms with Crippen molar-refractivity contribution in [3.8, 4) is 17.1 Å². The number of methoxy groups -OCH3 is 1. The normalized spacial score (nSPS) is 18.0. The van der Waals surface area contributed by atoms with Gasteiger partial charge in [-0.1, -0.05) is 24.2 Å². The Morgan fingerprint density at radius 1 is 1.23 bits per heavy atom. The van der Waals surface area contributed by atoms with Crippen molar-refractivity contribution in [2.45, 2.75) is 65.6 Å². The molecule has 0 amide bonds. The number of aryl methyl sites for hydroxylation is 2. The van der Waals surface area contributed by atoms with Crippen LogP contribution in [0.4, 0.5) is 5.95 Å². The van der Waals surface area contributed by atoms with Gasteiger partial charge in [-0.15, -0.1) is 10.2 Å². The van der Waals surface area contributed by atoms with Crippen LogP contribution < -0.4 is 10.1 Å². The molecule has 0 saturated heterocycles. The number of carbonyl (C=O) groups excluding carboxylic acids is 1. The highest BCUT2D eigenvalue weighted by Crippen LogP contribution is 2.31. The zero-order valence-corrected chi connectivity index (χ0v) is 20.9. The average Bonchev–Trinajstić information content (AvgIpc) is 3.44. The van der Waals surface area contributed by atoms with E-state index in [0.29, 0.717) is 48.5 Å². The molecule has 3 aromatic rings. The van der Waals surface area contributed by atoms with E-state index in [1.54, 1.807) is 9.48 Å². The van der Waals surface area contributed by atoms with Crippen LogP contribution in [-0.2, 0) is 29.7 Å². The summed E-state index contributed by atoms with van der Waals surface area (Å²) in [6, 6.07) is 3.79. The minimum absolute atomic E-state index is 0.0351. The van der Waals surface area contributed by atoms with Gasteiger partial charge in [-0.05, 0) is 55.9 Å². The Morgan fingerprint density at radius 2 is 2.06 bits per heavy atom. The average molecular weight is 484 g/mol. The minimum atomic E-state index is -0.162. The van der Waals surface area contributed by atoms with Gasteiger partial charge in [0.2, 0.25) is 0 Å². The second kappa shape index (κ2) is 10.8. The summed E-state index contributed by atoms with van der Waals surface area (Å²) in [5.41, 5.74) is 2.98. The number of carbonyl (C=O) groups is 1. The van der Waals surface area contributed by atoms with E-state index in [1.165, 1.54) is 7.11 Å². The van der Waals surface area contributed by atoms with Crippen molar-refractivity contribution >= 4 is 11.9 Å². The maximum absolute atomic E-state index is 11.9. The van der Waals surface area contributed by atoms with Gasteiger partial charge in [-0.3, -0.25) is 4.79 Å². The zero-order chi connectivity index (χ0) is 24.9. The van der Waals surface area contributed by atoms with E-state index in [2.05, 4.69) is 44.9 Å². The van der Waals surface area contributed by atoms with Gasteiger partial charge in [0, 0.05) is 7.05 Å². The third kappa shape index (κ3) is 5.92. The van der Waals surface area contributed by atoms with Crippen LogP contribution in [-0.4, -0.2) is 59.4 Å². The first-order chi connectivity index (χ1) is 16.8. The second-order valence-corrected chi connectivity index (χ2v) is 9.33. The van der Waals surface area contributed by atoms with Gasteiger partial charge >= 0.3 is 5.97 Å². The Hall–Kier alpha value is -3.57. The number of tetrazole rings is 1. The lowest BCUT2D eigenvalue weighted by atomic mass is 9.87. The smallest absolute Gasteiger partial charge is 0.308 e. The summed E-state index contributed by atoms with van der Waals surface area (Å²) in [5.74, 6) is 1.31. The Balaban J connectivity index is 1.44. The van der Waals surface area contributed by atoms with E-state index in [4.69, 9.17) is 14.5 Å². The summed E-state index contributed by atoms with van der Waals surface area (Å²) in [5, 5.41) is 24.2. The van der Waals surface area contributed by atoms with Crippen molar-refractivity contribution in [3.63, 3.8) is 0 Å². The van der Waals surface area contributed by atoms with Crippen LogP contribution in [0, 0.1) is 18.8 Å². The fraction of sp³-hybridized carbons (Fsp3) is 0.609. The molecule has 12 heteroatoms. The van der Waals surface area contributed by atoms with Crippen LogP contribution in [0.15, 0.2) is 12.1 Å². The van der Waals surface area contributed by atoms with E-state index in [0.717, 1.165) is 30.7 Å². The highest BCUT2D eigenvalue weighted by molar-refractivity contribution is 5.72. The maximum atomic E-state index is 11.9. The molecule has 0 radical (unpaired) electrons. The Morgan fingerprint density at radius 3 is 2.80 bits per heavy atom. The number of pyridine rings is 1. The van der Waals surface area contributed by atoms with Crippen molar-refractivity contribution in [1.82, 2.24) is 40.2 Å². The molecular weight excluding hydrogens is 450 g/mol. The molecule has 0 spiro atoms. The third-order valence-electron chi connectivity index (χ3n) is 6.07. The van der Waals surface area contributed by atoms with Gasteiger partial charge < -0.3 is 14.8 Å². The fourth-order valence-electron chi connectivity index (χ4n) is 4.27. The molecule has 1 aliphatic carbocycles. The number of hydrogen-bond donors (Lipinski definition) is 1. The molecule has 35 heavy (non-hydrogen) atoms. The lowest BCUT2D eigenvalue weighted by Crippen LogP contribution is -2.30.